The van der Waals surface area contributed by atoms with E-state index in [4.69, 9.17) is 5.11 Å². The number of amides is 2. The van der Waals surface area contributed by atoms with Gasteiger partial charge in [0.15, 0.2) is 0 Å². The van der Waals surface area contributed by atoms with Crippen LogP contribution in [0.2, 0.25) is 0 Å². The van der Waals surface area contributed by atoms with Gasteiger partial charge in [-0.15, -0.1) is 0 Å². The number of likely N-dealkylation sites (N-methyl/N-ethyl adjacent to an activating group) is 1. The minimum atomic E-state index is -0.791. The predicted octanol–water partition coefficient (Wildman–Crippen LogP) is 1.29. The van der Waals surface area contributed by atoms with Gasteiger partial charge in [-0.1, -0.05) is 6.92 Å². The normalized spacial score (nSPS) is 12.9. The molecule has 19 heavy (non-hydrogen) atoms. The first-order valence-electron chi connectivity index (χ1n) is 6.55. The third-order valence-electron chi connectivity index (χ3n) is 3.36. The molecular formula is C13H26N2O4. The minimum Gasteiger partial charge on any atom is -0.481 e. The maximum Gasteiger partial charge on any atom is 0.317 e. The van der Waals surface area contributed by atoms with Crippen molar-refractivity contribution in [2.45, 2.75) is 45.6 Å². The van der Waals surface area contributed by atoms with Crippen LogP contribution in [0.1, 0.15) is 40.0 Å². The summed E-state index contributed by atoms with van der Waals surface area (Å²) in [5.41, 5.74) is -0.598. The lowest BCUT2D eigenvalue weighted by molar-refractivity contribution is -0.137. The van der Waals surface area contributed by atoms with Gasteiger partial charge in [0.05, 0.1) is 12.1 Å². The highest BCUT2D eigenvalue weighted by Gasteiger charge is 2.26. The summed E-state index contributed by atoms with van der Waals surface area (Å²) < 4.78 is 0. The van der Waals surface area contributed by atoms with Crippen molar-refractivity contribution in [1.29, 1.82) is 0 Å². The van der Waals surface area contributed by atoms with Crippen LogP contribution in [0.3, 0.4) is 0 Å². The molecule has 0 saturated heterocycles. The summed E-state index contributed by atoms with van der Waals surface area (Å²) in [6, 6.07) is -0.232. The van der Waals surface area contributed by atoms with E-state index >= 15 is 0 Å². The van der Waals surface area contributed by atoms with E-state index in [0.29, 0.717) is 13.0 Å². The number of nitrogens with zero attached hydrogens (tertiary/aromatic N) is 1. The summed E-state index contributed by atoms with van der Waals surface area (Å²) in [4.78, 5) is 23.7. The van der Waals surface area contributed by atoms with E-state index in [2.05, 4.69) is 5.32 Å². The number of carboxylic acid groups (broad SMARTS) is 1. The standard InChI is InChI=1S/C13H26N2O4/c1-10(5-6-11(17)18)7-8-14-12(19)15(4)13(2,3)9-16/h10,16H,5-9H2,1-4H3,(H,14,19)(H,17,18). The molecule has 6 nitrogen and oxygen atoms in total. The Morgan fingerprint density at radius 1 is 1.32 bits per heavy atom. The second-order valence-corrected chi connectivity index (χ2v) is 5.59. The molecule has 1 atom stereocenters. The van der Waals surface area contributed by atoms with Gasteiger partial charge in [-0.05, 0) is 32.6 Å². The van der Waals surface area contributed by atoms with Crippen molar-refractivity contribution in [2.75, 3.05) is 20.2 Å². The molecule has 0 fully saturated rings. The smallest absolute Gasteiger partial charge is 0.317 e. The number of carbonyl (C=O) groups is 2. The molecular weight excluding hydrogens is 248 g/mol. The first-order chi connectivity index (χ1) is 8.70. The molecule has 2 amide bonds. The minimum absolute atomic E-state index is 0.105. The van der Waals surface area contributed by atoms with Crippen molar-refractivity contribution in [3.05, 3.63) is 0 Å². The Bertz CT molecular complexity index is 305. The average molecular weight is 274 g/mol. The summed E-state index contributed by atoms with van der Waals surface area (Å²) in [6.45, 7) is 5.93. The fourth-order valence-corrected chi connectivity index (χ4v) is 1.44. The molecule has 0 bridgehead atoms. The Morgan fingerprint density at radius 3 is 2.37 bits per heavy atom. The van der Waals surface area contributed by atoms with E-state index in [1.165, 1.54) is 4.90 Å². The van der Waals surface area contributed by atoms with Gasteiger partial charge in [0.1, 0.15) is 0 Å². The van der Waals surface area contributed by atoms with Crippen LogP contribution in [-0.4, -0.2) is 52.9 Å². The molecule has 1 unspecified atom stereocenters. The van der Waals surface area contributed by atoms with E-state index in [0.717, 1.165) is 6.42 Å². The van der Waals surface area contributed by atoms with Crippen LogP contribution in [0, 0.1) is 5.92 Å². The lowest BCUT2D eigenvalue weighted by Crippen LogP contribution is -2.51. The number of nitrogens with one attached hydrogen (secondary N) is 1. The number of carbonyl (C=O) groups excluding carboxylic acids is 1. The van der Waals surface area contributed by atoms with Crippen LogP contribution >= 0.6 is 0 Å². The van der Waals surface area contributed by atoms with E-state index in [-0.39, 0.29) is 25.0 Å². The molecule has 0 aromatic carbocycles. The Balaban J connectivity index is 3.94. The third-order valence-corrected chi connectivity index (χ3v) is 3.36. The van der Waals surface area contributed by atoms with Crippen molar-refractivity contribution in [3.8, 4) is 0 Å². The van der Waals surface area contributed by atoms with Gasteiger partial charge in [-0.2, -0.15) is 0 Å². The van der Waals surface area contributed by atoms with Crippen LogP contribution in [0.4, 0.5) is 4.79 Å². The van der Waals surface area contributed by atoms with Crippen LogP contribution < -0.4 is 5.32 Å². The summed E-state index contributed by atoms with van der Waals surface area (Å²) >= 11 is 0. The van der Waals surface area contributed by atoms with Gasteiger partial charge in [0.2, 0.25) is 0 Å². The van der Waals surface area contributed by atoms with Crippen molar-refractivity contribution < 1.29 is 19.8 Å². The zero-order valence-electron chi connectivity index (χ0n) is 12.3. The van der Waals surface area contributed by atoms with Crippen molar-refractivity contribution >= 4 is 12.0 Å². The zero-order valence-corrected chi connectivity index (χ0v) is 12.3. The molecule has 6 heteroatoms. The van der Waals surface area contributed by atoms with Crippen molar-refractivity contribution in [1.82, 2.24) is 10.2 Å². The fourth-order valence-electron chi connectivity index (χ4n) is 1.44. The second-order valence-electron chi connectivity index (χ2n) is 5.59. The van der Waals surface area contributed by atoms with Crippen LogP contribution in [0.15, 0.2) is 0 Å². The van der Waals surface area contributed by atoms with Crippen molar-refractivity contribution in [3.63, 3.8) is 0 Å². The van der Waals surface area contributed by atoms with Crippen molar-refractivity contribution in [2.24, 2.45) is 5.92 Å². The first-order valence-corrected chi connectivity index (χ1v) is 6.55. The highest BCUT2D eigenvalue weighted by atomic mass is 16.4. The summed E-state index contributed by atoms with van der Waals surface area (Å²) in [7, 11) is 1.64. The molecule has 3 N–H and O–H groups in total. The third kappa shape index (κ3) is 7.00. The molecule has 0 aromatic heterocycles. The van der Waals surface area contributed by atoms with Gasteiger partial charge >= 0.3 is 12.0 Å². The number of urea groups is 1. The number of aliphatic hydroxyl groups excluding tert-OH is 1. The molecule has 0 saturated carbocycles. The quantitative estimate of drug-likeness (QED) is 0.622. The van der Waals surface area contributed by atoms with Crippen LogP contribution in [-0.2, 0) is 4.79 Å². The Kier molecular flexibility index (Phi) is 7.44. The number of carboxylic acids is 1. The summed E-state index contributed by atoms with van der Waals surface area (Å²) in [5, 5.41) is 20.5. The maximum absolute atomic E-state index is 11.8. The number of rotatable bonds is 8. The number of hydrogen-bond donors (Lipinski definition) is 3. The van der Waals surface area contributed by atoms with E-state index in [1.54, 1.807) is 20.9 Å². The average Bonchev–Trinajstić information content (AvgIpc) is 2.35. The fraction of sp³-hybridized carbons (Fsp3) is 0.846. The van der Waals surface area contributed by atoms with Gasteiger partial charge in [0, 0.05) is 20.0 Å². The topological polar surface area (TPSA) is 89.9 Å². The molecule has 0 rings (SSSR count). The van der Waals surface area contributed by atoms with Gasteiger partial charge in [-0.3, -0.25) is 4.79 Å². The van der Waals surface area contributed by atoms with E-state index in [1.807, 2.05) is 6.92 Å². The highest BCUT2D eigenvalue weighted by molar-refractivity contribution is 5.74. The van der Waals surface area contributed by atoms with E-state index < -0.39 is 11.5 Å². The lowest BCUT2D eigenvalue weighted by atomic mass is 10.0. The highest BCUT2D eigenvalue weighted by Crippen LogP contribution is 2.12. The first kappa shape index (κ1) is 17.7. The monoisotopic (exact) mass is 274 g/mol. The molecule has 112 valence electrons. The molecule has 0 aliphatic carbocycles. The van der Waals surface area contributed by atoms with Crippen LogP contribution in [0.25, 0.3) is 0 Å². The lowest BCUT2D eigenvalue weighted by Gasteiger charge is -2.33. The van der Waals surface area contributed by atoms with Gasteiger partial charge in [0.25, 0.3) is 0 Å². The number of hydrogen-bond acceptors (Lipinski definition) is 3. The molecule has 0 radical (unpaired) electrons. The number of aliphatic hydroxyl groups is 1. The summed E-state index contributed by atoms with van der Waals surface area (Å²) in [5.74, 6) is -0.534. The predicted molar refractivity (Wildman–Crippen MR) is 73.0 cm³/mol. The Morgan fingerprint density at radius 2 is 1.89 bits per heavy atom. The molecule has 0 spiro atoms. The Hall–Kier alpha value is -1.30. The Labute approximate surface area is 114 Å². The van der Waals surface area contributed by atoms with Gasteiger partial charge < -0.3 is 20.4 Å². The number of aliphatic carboxylic acids is 1. The van der Waals surface area contributed by atoms with Crippen LogP contribution in [0.5, 0.6) is 0 Å². The zero-order chi connectivity index (χ0) is 15.1. The molecule has 0 aromatic rings. The maximum atomic E-state index is 11.8. The second kappa shape index (κ2) is 7.99. The largest absolute Gasteiger partial charge is 0.481 e. The molecule has 0 heterocycles. The van der Waals surface area contributed by atoms with Gasteiger partial charge in [-0.25, -0.2) is 4.79 Å². The SMILES string of the molecule is CC(CCNC(=O)N(C)C(C)(C)CO)CCC(=O)O. The molecule has 0 aliphatic rings. The molecule has 0 aliphatic heterocycles. The summed E-state index contributed by atoms with van der Waals surface area (Å²) in [6.07, 6.45) is 1.52. The van der Waals surface area contributed by atoms with E-state index in [9.17, 15) is 14.7 Å².